The van der Waals surface area contributed by atoms with Crippen LogP contribution in [0.5, 0.6) is 0 Å². The maximum Gasteiger partial charge on any atom is 0.418 e. The first-order valence-electron chi connectivity index (χ1n) is 8.74. The van der Waals surface area contributed by atoms with E-state index in [2.05, 4.69) is 5.32 Å². The number of rotatable bonds is 2. The van der Waals surface area contributed by atoms with Crippen molar-refractivity contribution in [2.45, 2.75) is 46.0 Å². The Kier molecular flexibility index (Phi) is 4.66. The van der Waals surface area contributed by atoms with Gasteiger partial charge in [0.05, 0.1) is 5.52 Å². The van der Waals surface area contributed by atoms with E-state index in [1.165, 1.54) is 24.6 Å². The summed E-state index contributed by atoms with van der Waals surface area (Å²) in [4.78, 5) is 36.5. The molecule has 1 aromatic carbocycles. The lowest BCUT2D eigenvalue weighted by Gasteiger charge is -2.29. The molecule has 28 heavy (non-hydrogen) atoms. The van der Waals surface area contributed by atoms with Gasteiger partial charge < -0.3 is 19.5 Å². The molecule has 8 nitrogen and oxygen atoms in total. The van der Waals surface area contributed by atoms with Gasteiger partial charge in [0.25, 0.3) is 5.79 Å². The second-order valence-corrected chi connectivity index (χ2v) is 7.79. The molecule has 0 aliphatic carbocycles. The summed E-state index contributed by atoms with van der Waals surface area (Å²) in [5.74, 6) is -2.84. The Morgan fingerprint density at radius 3 is 2.39 bits per heavy atom. The molecule has 1 fully saturated rings. The number of carbonyl (C=O) groups excluding carboxylic acids is 3. The molecular formula is C20H22N2O6. The van der Waals surface area contributed by atoms with Gasteiger partial charge in [0.1, 0.15) is 5.60 Å². The smallest absolute Gasteiger partial charge is 0.418 e. The highest BCUT2D eigenvalue weighted by molar-refractivity contribution is 6.15. The molecule has 148 valence electrons. The zero-order valence-corrected chi connectivity index (χ0v) is 16.4. The molecule has 1 saturated heterocycles. The van der Waals surface area contributed by atoms with Gasteiger partial charge in [0.15, 0.2) is 5.57 Å². The molecule has 1 aromatic heterocycles. The number of cyclic esters (lactones) is 2. The molecule has 0 atom stereocenters. The van der Waals surface area contributed by atoms with Crippen molar-refractivity contribution in [1.29, 1.82) is 0 Å². The number of esters is 2. The SMILES string of the molecule is CC(C)(C)OC(=O)n1ccc2c(NC=C3C(=O)OC(C)(C)OC3=O)cccc21. The van der Waals surface area contributed by atoms with E-state index in [1.807, 2.05) is 0 Å². The van der Waals surface area contributed by atoms with E-state index in [4.69, 9.17) is 14.2 Å². The van der Waals surface area contributed by atoms with Crippen molar-refractivity contribution in [1.82, 2.24) is 4.57 Å². The van der Waals surface area contributed by atoms with Gasteiger partial charge in [-0.05, 0) is 39.0 Å². The number of carbonyl (C=O) groups is 3. The fourth-order valence-electron chi connectivity index (χ4n) is 2.69. The Morgan fingerprint density at radius 2 is 1.79 bits per heavy atom. The standard InChI is InChI=1S/C20H22N2O6/c1-19(2,3)28-18(25)22-10-9-12-14(7-6-8-15(12)22)21-11-13-16(23)26-20(4,5)27-17(13)24/h6-11,21H,1-5H3. The summed E-state index contributed by atoms with van der Waals surface area (Å²) in [6.45, 7) is 8.33. The van der Waals surface area contributed by atoms with E-state index >= 15 is 0 Å². The Bertz CT molecular complexity index is 972. The second-order valence-electron chi connectivity index (χ2n) is 7.79. The number of anilines is 1. The van der Waals surface area contributed by atoms with Crippen LogP contribution >= 0.6 is 0 Å². The zero-order valence-electron chi connectivity index (χ0n) is 16.4. The van der Waals surface area contributed by atoms with E-state index < -0.39 is 29.4 Å². The molecular weight excluding hydrogens is 364 g/mol. The molecule has 0 unspecified atom stereocenters. The van der Waals surface area contributed by atoms with Crippen molar-refractivity contribution in [3.05, 3.63) is 42.2 Å². The van der Waals surface area contributed by atoms with Gasteiger partial charge in [-0.25, -0.2) is 14.4 Å². The number of hydrogen-bond acceptors (Lipinski definition) is 7. The maximum atomic E-state index is 12.4. The third-order valence-corrected chi connectivity index (χ3v) is 3.81. The predicted molar refractivity (Wildman–Crippen MR) is 102 cm³/mol. The van der Waals surface area contributed by atoms with Crippen molar-refractivity contribution in [2.24, 2.45) is 0 Å². The lowest BCUT2D eigenvalue weighted by atomic mass is 10.2. The first-order chi connectivity index (χ1) is 13.0. The number of aromatic nitrogens is 1. The van der Waals surface area contributed by atoms with Gasteiger partial charge in [-0.1, -0.05) is 6.07 Å². The van der Waals surface area contributed by atoms with Crippen LogP contribution in [0.25, 0.3) is 10.9 Å². The van der Waals surface area contributed by atoms with Crippen LogP contribution in [0.3, 0.4) is 0 Å². The molecule has 0 bridgehead atoms. The Balaban J connectivity index is 1.88. The van der Waals surface area contributed by atoms with E-state index in [-0.39, 0.29) is 5.57 Å². The van der Waals surface area contributed by atoms with Crippen molar-refractivity contribution in [3.8, 4) is 0 Å². The highest BCUT2D eigenvalue weighted by atomic mass is 16.7. The van der Waals surface area contributed by atoms with Crippen LogP contribution < -0.4 is 5.32 Å². The molecule has 1 aliphatic rings. The number of ether oxygens (including phenoxy) is 3. The van der Waals surface area contributed by atoms with E-state index in [9.17, 15) is 14.4 Å². The minimum atomic E-state index is -1.30. The Morgan fingerprint density at radius 1 is 1.14 bits per heavy atom. The number of nitrogens with zero attached hydrogens (tertiary/aromatic N) is 1. The molecule has 0 saturated carbocycles. The average Bonchev–Trinajstić information content (AvgIpc) is 2.96. The third kappa shape index (κ3) is 4.00. The topological polar surface area (TPSA) is 95.9 Å². The van der Waals surface area contributed by atoms with Crippen LogP contribution in [-0.2, 0) is 23.8 Å². The quantitative estimate of drug-likeness (QED) is 0.479. The van der Waals surface area contributed by atoms with Crippen molar-refractivity contribution in [2.75, 3.05) is 5.32 Å². The summed E-state index contributed by atoms with van der Waals surface area (Å²) in [5.41, 5.74) is 0.344. The van der Waals surface area contributed by atoms with Gasteiger partial charge in [-0.2, -0.15) is 0 Å². The second kappa shape index (κ2) is 6.70. The van der Waals surface area contributed by atoms with Crippen LogP contribution in [0.2, 0.25) is 0 Å². The monoisotopic (exact) mass is 386 g/mol. The van der Waals surface area contributed by atoms with Crippen LogP contribution in [0.15, 0.2) is 42.2 Å². The normalized spacial score (nSPS) is 16.4. The highest BCUT2D eigenvalue weighted by Gasteiger charge is 2.39. The molecule has 0 amide bonds. The van der Waals surface area contributed by atoms with Gasteiger partial charge in [0, 0.05) is 37.3 Å². The third-order valence-electron chi connectivity index (χ3n) is 3.81. The molecule has 8 heteroatoms. The highest BCUT2D eigenvalue weighted by Crippen LogP contribution is 2.27. The number of hydrogen-bond donors (Lipinski definition) is 1. The molecule has 1 N–H and O–H groups in total. The van der Waals surface area contributed by atoms with Gasteiger partial charge in [-0.3, -0.25) is 4.57 Å². The molecule has 1 aliphatic heterocycles. The van der Waals surface area contributed by atoms with Crippen LogP contribution in [0.4, 0.5) is 10.5 Å². The summed E-state index contributed by atoms with van der Waals surface area (Å²) in [7, 11) is 0. The first-order valence-corrected chi connectivity index (χ1v) is 8.74. The van der Waals surface area contributed by atoms with E-state index in [0.29, 0.717) is 16.6 Å². The van der Waals surface area contributed by atoms with Gasteiger partial charge in [-0.15, -0.1) is 0 Å². The maximum absolute atomic E-state index is 12.4. The van der Waals surface area contributed by atoms with Crippen molar-refractivity contribution in [3.63, 3.8) is 0 Å². The molecule has 2 heterocycles. The molecule has 0 spiro atoms. The molecule has 2 aromatic rings. The number of nitrogens with one attached hydrogen (secondary N) is 1. The van der Waals surface area contributed by atoms with E-state index in [1.54, 1.807) is 51.2 Å². The lowest BCUT2D eigenvalue weighted by Crippen LogP contribution is -2.42. The van der Waals surface area contributed by atoms with Crippen molar-refractivity contribution >= 4 is 34.6 Å². The van der Waals surface area contributed by atoms with Crippen molar-refractivity contribution < 1.29 is 28.6 Å². The summed E-state index contributed by atoms with van der Waals surface area (Å²) in [5, 5.41) is 3.63. The van der Waals surface area contributed by atoms with Gasteiger partial charge in [0.2, 0.25) is 0 Å². The number of benzene rings is 1. The summed E-state index contributed by atoms with van der Waals surface area (Å²) < 4.78 is 16.9. The van der Waals surface area contributed by atoms with Crippen LogP contribution in [-0.4, -0.2) is 34.0 Å². The summed E-state index contributed by atoms with van der Waals surface area (Å²) in [6, 6.07) is 7.00. The fourth-order valence-corrected chi connectivity index (χ4v) is 2.69. The summed E-state index contributed by atoms with van der Waals surface area (Å²) >= 11 is 0. The zero-order chi connectivity index (χ0) is 20.7. The summed E-state index contributed by atoms with van der Waals surface area (Å²) in [6.07, 6.45) is 2.34. The molecule has 0 radical (unpaired) electrons. The fraction of sp³-hybridized carbons (Fsp3) is 0.350. The predicted octanol–water partition coefficient (Wildman–Crippen LogP) is 3.56. The largest absolute Gasteiger partial charge is 0.443 e. The van der Waals surface area contributed by atoms with E-state index in [0.717, 1.165) is 0 Å². The Labute approximate surface area is 162 Å². The van der Waals surface area contributed by atoms with Crippen LogP contribution in [0, 0.1) is 0 Å². The minimum Gasteiger partial charge on any atom is -0.443 e. The van der Waals surface area contributed by atoms with Crippen LogP contribution in [0.1, 0.15) is 34.6 Å². The average molecular weight is 386 g/mol. The number of fused-ring (bicyclic) bond motifs is 1. The lowest BCUT2D eigenvalue weighted by molar-refractivity contribution is -0.222. The minimum absolute atomic E-state index is 0.247. The molecule has 3 rings (SSSR count). The first kappa shape index (κ1) is 19.5. The van der Waals surface area contributed by atoms with Gasteiger partial charge >= 0.3 is 18.0 Å². The Hall–Kier alpha value is -3.29.